The number of hydrogen-bond donors (Lipinski definition) is 1. The summed E-state index contributed by atoms with van der Waals surface area (Å²) >= 11 is 0. The van der Waals surface area contributed by atoms with E-state index in [1.54, 1.807) is 14.2 Å². The number of ether oxygens (including phenoxy) is 1. The molecule has 0 radical (unpaired) electrons. The average molecular weight is 347 g/mol. The second-order valence-corrected chi connectivity index (χ2v) is 6.30. The molecule has 8 nitrogen and oxygen atoms in total. The van der Waals surface area contributed by atoms with Crippen molar-refractivity contribution in [2.45, 2.75) is 38.5 Å². The Morgan fingerprint density at radius 3 is 3.04 bits per heavy atom. The van der Waals surface area contributed by atoms with Crippen LogP contribution < -0.4 is 5.32 Å². The topological polar surface area (TPSA) is 85.4 Å². The molecule has 1 saturated heterocycles. The fourth-order valence-corrected chi connectivity index (χ4v) is 3.45. The van der Waals surface area contributed by atoms with Gasteiger partial charge in [-0.3, -0.25) is 9.69 Å². The van der Waals surface area contributed by atoms with E-state index >= 15 is 0 Å². The molecule has 1 N–H and O–H groups in total. The van der Waals surface area contributed by atoms with Gasteiger partial charge in [0.1, 0.15) is 12.3 Å². The fraction of sp³-hybridized carbons (Fsp3) is 0.588. The molecule has 0 spiro atoms. The van der Waals surface area contributed by atoms with E-state index in [1.807, 2.05) is 23.7 Å². The van der Waals surface area contributed by atoms with Gasteiger partial charge in [-0.05, 0) is 31.5 Å². The highest BCUT2D eigenvalue weighted by Gasteiger charge is 2.28. The van der Waals surface area contributed by atoms with Gasteiger partial charge in [0, 0.05) is 26.9 Å². The van der Waals surface area contributed by atoms with E-state index in [9.17, 15) is 4.79 Å². The SMILES string of the molecule is CNC(=O)c1ccc([C@H]2CCCCN2Cc2nc(COC)no2)n1C. The summed E-state index contributed by atoms with van der Waals surface area (Å²) in [6.07, 6.45) is 3.35. The summed E-state index contributed by atoms with van der Waals surface area (Å²) in [7, 11) is 5.20. The van der Waals surface area contributed by atoms with Gasteiger partial charge < -0.3 is 19.1 Å². The first kappa shape index (κ1) is 17.6. The number of nitrogens with zero attached hydrogens (tertiary/aromatic N) is 4. The maximum Gasteiger partial charge on any atom is 0.267 e. The van der Waals surface area contributed by atoms with Crippen LogP contribution >= 0.6 is 0 Å². The standard InChI is InChI=1S/C17H25N5O3/c1-18-17(23)14-8-7-12(21(14)2)13-6-4-5-9-22(13)10-16-19-15(11-24-3)20-25-16/h7-8,13H,4-6,9-11H2,1-3H3,(H,18,23)/t13-/m1/s1. The lowest BCUT2D eigenvalue weighted by molar-refractivity contribution is 0.0950. The summed E-state index contributed by atoms with van der Waals surface area (Å²) in [5.41, 5.74) is 1.80. The first-order valence-corrected chi connectivity index (χ1v) is 8.56. The smallest absolute Gasteiger partial charge is 0.267 e. The zero-order valence-corrected chi connectivity index (χ0v) is 15.0. The van der Waals surface area contributed by atoms with Crippen LogP contribution in [-0.4, -0.2) is 46.2 Å². The highest BCUT2D eigenvalue weighted by Crippen LogP contribution is 2.32. The molecule has 1 aliphatic rings. The van der Waals surface area contributed by atoms with E-state index < -0.39 is 0 Å². The second-order valence-electron chi connectivity index (χ2n) is 6.30. The van der Waals surface area contributed by atoms with Crippen molar-refractivity contribution < 1.29 is 14.1 Å². The van der Waals surface area contributed by atoms with Crippen LogP contribution in [0.2, 0.25) is 0 Å². The maximum absolute atomic E-state index is 12.0. The number of piperidine rings is 1. The molecule has 136 valence electrons. The van der Waals surface area contributed by atoms with Gasteiger partial charge >= 0.3 is 0 Å². The molecule has 0 bridgehead atoms. The number of likely N-dealkylation sites (tertiary alicyclic amines) is 1. The van der Waals surface area contributed by atoms with Crippen molar-refractivity contribution in [2.75, 3.05) is 20.7 Å². The molecule has 0 saturated carbocycles. The van der Waals surface area contributed by atoms with Gasteiger partial charge in [-0.15, -0.1) is 0 Å². The van der Waals surface area contributed by atoms with E-state index in [0.717, 1.165) is 25.1 Å². The molecular weight excluding hydrogens is 322 g/mol. The third-order valence-corrected chi connectivity index (χ3v) is 4.70. The van der Waals surface area contributed by atoms with Crippen molar-refractivity contribution in [1.82, 2.24) is 24.9 Å². The molecule has 0 aromatic carbocycles. The van der Waals surface area contributed by atoms with Crippen molar-refractivity contribution in [3.05, 3.63) is 35.2 Å². The Kier molecular flexibility index (Phi) is 5.50. The van der Waals surface area contributed by atoms with E-state index in [-0.39, 0.29) is 11.9 Å². The highest BCUT2D eigenvalue weighted by molar-refractivity contribution is 5.92. The fourth-order valence-electron chi connectivity index (χ4n) is 3.45. The van der Waals surface area contributed by atoms with Gasteiger partial charge in [-0.2, -0.15) is 4.98 Å². The monoisotopic (exact) mass is 347 g/mol. The average Bonchev–Trinajstić information content (AvgIpc) is 3.22. The largest absolute Gasteiger partial charge is 0.377 e. The lowest BCUT2D eigenvalue weighted by Crippen LogP contribution is -2.34. The molecule has 8 heteroatoms. The Morgan fingerprint density at radius 2 is 2.28 bits per heavy atom. The first-order chi connectivity index (χ1) is 12.1. The minimum atomic E-state index is -0.0720. The Hall–Kier alpha value is -2.19. The van der Waals surface area contributed by atoms with Gasteiger partial charge in [0.25, 0.3) is 5.91 Å². The van der Waals surface area contributed by atoms with E-state index in [4.69, 9.17) is 9.26 Å². The zero-order valence-electron chi connectivity index (χ0n) is 15.0. The van der Waals surface area contributed by atoms with Gasteiger partial charge in [0.05, 0.1) is 12.6 Å². The summed E-state index contributed by atoms with van der Waals surface area (Å²) in [6, 6.07) is 4.15. The zero-order chi connectivity index (χ0) is 17.8. The Labute approximate surface area is 147 Å². The van der Waals surface area contributed by atoms with Gasteiger partial charge in [-0.1, -0.05) is 11.6 Å². The van der Waals surface area contributed by atoms with Crippen LogP contribution in [-0.2, 0) is 24.9 Å². The lowest BCUT2D eigenvalue weighted by atomic mass is 9.99. The molecule has 1 fully saturated rings. The molecular formula is C17H25N5O3. The molecule has 0 unspecified atom stereocenters. The maximum atomic E-state index is 12.0. The highest BCUT2D eigenvalue weighted by atomic mass is 16.5. The normalized spacial score (nSPS) is 18.4. The van der Waals surface area contributed by atoms with Crippen molar-refractivity contribution in [3.8, 4) is 0 Å². The van der Waals surface area contributed by atoms with Crippen LogP contribution in [0.5, 0.6) is 0 Å². The minimum absolute atomic E-state index is 0.0720. The molecule has 3 heterocycles. The predicted molar refractivity (Wildman–Crippen MR) is 90.8 cm³/mol. The lowest BCUT2D eigenvalue weighted by Gasteiger charge is -2.35. The first-order valence-electron chi connectivity index (χ1n) is 8.56. The number of rotatable bonds is 6. The summed E-state index contributed by atoms with van der Waals surface area (Å²) in [4.78, 5) is 18.7. The third kappa shape index (κ3) is 3.74. The Morgan fingerprint density at radius 1 is 1.44 bits per heavy atom. The summed E-state index contributed by atoms with van der Waals surface area (Å²) in [6.45, 7) is 1.91. The number of hydrogen-bond acceptors (Lipinski definition) is 6. The predicted octanol–water partition coefficient (Wildman–Crippen LogP) is 1.64. The molecule has 1 aliphatic heterocycles. The second kappa shape index (κ2) is 7.79. The molecule has 0 aliphatic carbocycles. The molecule has 2 aromatic rings. The van der Waals surface area contributed by atoms with Gasteiger partial charge in [0.15, 0.2) is 5.82 Å². The molecule has 1 amide bonds. The van der Waals surface area contributed by atoms with E-state index in [2.05, 4.69) is 20.4 Å². The van der Waals surface area contributed by atoms with Crippen molar-refractivity contribution in [1.29, 1.82) is 0 Å². The number of nitrogens with one attached hydrogen (secondary N) is 1. The van der Waals surface area contributed by atoms with Crippen LogP contribution in [0, 0.1) is 0 Å². The van der Waals surface area contributed by atoms with Crippen LogP contribution in [0.3, 0.4) is 0 Å². The summed E-state index contributed by atoms with van der Waals surface area (Å²) in [5, 5.41) is 6.61. The van der Waals surface area contributed by atoms with Crippen LogP contribution in [0.15, 0.2) is 16.7 Å². The molecule has 3 rings (SSSR count). The van der Waals surface area contributed by atoms with Crippen LogP contribution in [0.25, 0.3) is 0 Å². The van der Waals surface area contributed by atoms with Crippen molar-refractivity contribution in [3.63, 3.8) is 0 Å². The van der Waals surface area contributed by atoms with Crippen LogP contribution in [0.4, 0.5) is 0 Å². The molecule has 25 heavy (non-hydrogen) atoms. The Bertz CT molecular complexity index is 724. The molecule has 2 aromatic heterocycles. The minimum Gasteiger partial charge on any atom is -0.377 e. The number of carbonyl (C=O) groups is 1. The van der Waals surface area contributed by atoms with E-state index in [0.29, 0.717) is 30.6 Å². The van der Waals surface area contributed by atoms with Crippen LogP contribution in [0.1, 0.15) is 53.2 Å². The van der Waals surface area contributed by atoms with E-state index in [1.165, 1.54) is 6.42 Å². The number of amides is 1. The summed E-state index contributed by atoms with van der Waals surface area (Å²) in [5.74, 6) is 1.09. The number of carbonyl (C=O) groups excluding carboxylic acids is 1. The summed E-state index contributed by atoms with van der Waals surface area (Å²) < 4.78 is 12.4. The van der Waals surface area contributed by atoms with Crippen molar-refractivity contribution >= 4 is 5.91 Å². The Balaban J connectivity index is 1.79. The van der Waals surface area contributed by atoms with Crippen molar-refractivity contribution in [2.24, 2.45) is 7.05 Å². The third-order valence-electron chi connectivity index (χ3n) is 4.70. The van der Waals surface area contributed by atoms with Gasteiger partial charge in [0.2, 0.25) is 5.89 Å². The molecule has 1 atom stereocenters. The number of aromatic nitrogens is 3. The number of methoxy groups -OCH3 is 1. The van der Waals surface area contributed by atoms with Gasteiger partial charge in [-0.25, -0.2) is 0 Å². The quantitative estimate of drug-likeness (QED) is 0.855.